The number of alkyl halides is 1. The number of furan rings is 1. The van der Waals surface area contributed by atoms with Gasteiger partial charge in [-0.15, -0.1) is 11.6 Å². The molecule has 1 unspecified atom stereocenters. The van der Waals surface area contributed by atoms with Crippen molar-refractivity contribution in [3.63, 3.8) is 0 Å². The topological polar surface area (TPSA) is 42.2 Å². The Bertz CT molecular complexity index is 347. The largest absolute Gasteiger partial charge is 0.459 e. The first-order valence-corrected chi connectivity index (χ1v) is 5.99. The fourth-order valence-electron chi connectivity index (χ4n) is 1.59. The molecular formula is C12H18ClNO2. The van der Waals surface area contributed by atoms with Crippen molar-refractivity contribution < 1.29 is 9.21 Å². The zero-order valence-electron chi connectivity index (χ0n) is 9.92. The summed E-state index contributed by atoms with van der Waals surface area (Å²) in [7, 11) is 0. The maximum Gasteiger partial charge on any atom is 0.287 e. The Kier molecular flexibility index (Phi) is 4.87. The number of hydrogen-bond acceptors (Lipinski definition) is 2. The molecule has 0 aliphatic heterocycles. The lowest BCUT2D eigenvalue weighted by molar-refractivity contribution is 0.0907. The van der Waals surface area contributed by atoms with Crippen LogP contribution in [0.2, 0.25) is 0 Å². The number of amides is 1. The Hall–Kier alpha value is -0.960. The van der Waals surface area contributed by atoms with E-state index in [0.717, 1.165) is 12.0 Å². The summed E-state index contributed by atoms with van der Waals surface area (Å²) in [5.74, 6) is 1.11. The molecule has 0 saturated carbocycles. The molecule has 1 aromatic heterocycles. The van der Waals surface area contributed by atoms with Crippen LogP contribution in [-0.2, 0) is 0 Å². The minimum absolute atomic E-state index is 0.00123. The number of carbonyl (C=O) groups is 1. The van der Waals surface area contributed by atoms with Crippen LogP contribution in [0.1, 0.15) is 36.4 Å². The highest BCUT2D eigenvalue weighted by molar-refractivity contribution is 6.18. The highest BCUT2D eigenvalue weighted by Gasteiger charge is 2.17. The Labute approximate surface area is 101 Å². The molecule has 0 aliphatic rings. The smallest absolute Gasteiger partial charge is 0.287 e. The van der Waals surface area contributed by atoms with Crippen molar-refractivity contribution in [1.29, 1.82) is 0 Å². The van der Waals surface area contributed by atoms with Gasteiger partial charge >= 0.3 is 0 Å². The summed E-state index contributed by atoms with van der Waals surface area (Å²) in [6.07, 6.45) is 2.39. The molecule has 4 heteroatoms. The molecule has 0 spiro atoms. The van der Waals surface area contributed by atoms with Crippen molar-refractivity contribution in [1.82, 2.24) is 5.32 Å². The van der Waals surface area contributed by atoms with Crippen molar-refractivity contribution >= 4 is 17.5 Å². The second-order valence-electron chi connectivity index (χ2n) is 4.39. The average molecular weight is 244 g/mol. The van der Waals surface area contributed by atoms with Crippen LogP contribution in [0.15, 0.2) is 16.7 Å². The van der Waals surface area contributed by atoms with Crippen LogP contribution in [0, 0.1) is 12.8 Å². The molecule has 0 saturated heterocycles. The Morgan fingerprint density at radius 3 is 2.69 bits per heavy atom. The molecule has 1 atom stereocenters. The summed E-state index contributed by atoms with van der Waals surface area (Å²) in [6, 6.07) is 1.77. The lowest BCUT2D eigenvalue weighted by Gasteiger charge is -2.17. The van der Waals surface area contributed by atoms with Crippen molar-refractivity contribution in [2.24, 2.45) is 5.92 Å². The van der Waals surface area contributed by atoms with Gasteiger partial charge in [0.1, 0.15) is 0 Å². The van der Waals surface area contributed by atoms with Gasteiger partial charge in [-0.2, -0.15) is 0 Å². The normalized spacial score (nSPS) is 12.8. The molecule has 0 radical (unpaired) electrons. The quantitative estimate of drug-likeness (QED) is 0.808. The Morgan fingerprint density at radius 2 is 2.25 bits per heavy atom. The van der Waals surface area contributed by atoms with Crippen molar-refractivity contribution in [2.45, 2.75) is 33.2 Å². The lowest BCUT2D eigenvalue weighted by atomic mass is 10.1. The second kappa shape index (κ2) is 5.94. The van der Waals surface area contributed by atoms with Gasteiger partial charge in [0.15, 0.2) is 5.76 Å². The van der Waals surface area contributed by atoms with Gasteiger partial charge in [-0.3, -0.25) is 4.79 Å². The molecule has 0 aliphatic carbocycles. The first kappa shape index (κ1) is 13.1. The minimum Gasteiger partial charge on any atom is -0.459 e. The van der Waals surface area contributed by atoms with E-state index in [0.29, 0.717) is 17.6 Å². The SMILES string of the molecule is Cc1ccoc1C(=O)NC(CCl)CC(C)C. The zero-order chi connectivity index (χ0) is 12.1. The highest BCUT2D eigenvalue weighted by Crippen LogP contribution is 2.11. The van der Waals surface area contributed by atoms with Crippen LogP contribution in [-0.4, -0.2) is 17.8 Å². The second-order valence-corrected chi connectivity index (χ2v) is 4.70. The number of halogens is 1. The predicted molar refractivity (Wildman–Crippen MR) is 64.9 cm³/mol. The third-order valence-corrected chi connectivity index (χ3v) is 2.72. The van der Waals surface area contributed by atoms with E-state index in [1.165, 1.54) is 6.26 Å². The van der Waals surface area contributed by atoms with Crippen LogP contribution >= 0.6 is 11.6 Å². The fourth-order valence-corrected chi connectivity index (χ4v) is 1.79. The number of aryl methyl sites for hydroxylation is 1. The van der Waals surface area contributed by atoms with E-state index < -0.39 is 0 Å². The van der Waals surface area contributed by atoms with Gasteiger partial charge in [0, 0.05) is 17.5 Å². The average Bonchev–Trinajstić information content (AvgIpc) is 2.62. The molecule has 0 bridgehead atoms. The van der Waals surface area contributed by atoms with Gasteiger partial charge in [0.05, 0.1) is 6.26 Å². The van der Waals surface area contributed by atoms with Crippen molar-refractivity contribution in [3.05, 3.63) is 23.7 Å². The van der Waals surface area contributed by atoms with Gasteiger partial charge in [-0.25, -0.2) is 0 Å². The lowest BCUT2D eigenvalue weighted by Crippen LogP contribution is -2.37. The summed E-state index contributed by atoms with van der Waals surface area (Å²) in [4.78, 5) is 11.8. The molecule has 1 rings (SSSR count). The van der Waals surface area contributed by atoms with E-state index in [1.807, 2.05) is 6.92 Å². The van der Waals surface area contributed by atoms with Crippen molar-refractivity contribution in [3.8, 4) is 0 Å². The van der Waals surface area contributed by atoms with Gasteiger partial charge in [-0.1, -0.05) is 13.8 Å². The van der Waals surface area contributed by atoms with Crippen LogP contribution < -0.4 is 5.32 Å². The van der Waals surface area contributed by atoms with E-state index in [-0.39, 0.29) is 11.9 Å². The molecule has 1 N–H and O–H groups in total. The molecule has 0 fully saturated rings. The molecule has 1 aromatic rings. The van der Waals surface area contributed by atoms with E-state index in [9.17, 15) is 4.79 Å². The maximum atomic E-state index is 11.8. The first-order chi connectivity index (χ1) is 7.54. The first-order valence-electron chi connectivity index (χ1n) is 5.45. The van der Waals surface area contributed by atoms with E-state index in [1.54, 1.807) is 6.07 Å². The van der Waals surface area contributed by atoms with Gasteiger partial charge in [-0.05, 0) is 25.3 Å². The zero-order valence-corrected chi connectivity index (χ0v) is 10.7. The predicted octanol–water partition coefficient (Wildman–Crippen LogP) is 2.97. The van der Waals surface area contributed by atoms with Crippen molar-refractivity contribution in [2.75, 3.05) is 5.88 Å². The molecule has 16 heavy (non-hydrogen) atoms. The van der Waals surface area contributed by atoms with E-state index >= 15 is 0 Å². The summed E-state index contributed by atoms with van der Waals surface area (Å²) < 4.78 is 5.12. The highest BCUT2D eigenvalue weighted by atomic mass is 35.5. The summed E-state index contributed by atoms with van der Waals surface area (Å²) in [5.41, 5.74) is 0.843. The summed E-state index contributed by atoms with van der Waals surface area (Å²) in [5, 5.41) is 2.88. The molecule has 1 heterocycles. The molecule has 3 nitrogen and oxygen atoms in total. The van der Waals surface area contributed by atoms with Crippen LogP contribution in [0.3, 0.4) is 0 Å². The van der Waals surface area contributed by atoms with Gasteiger partial charge in [0.25, 0.3) is 5.91 Å². The van der Waals surface area contributed by atoms with Gasteiger partial charge < -0.3 is 9.73 Å². The third-order valence-electron chi connectivity index (χ3n) is 2.35. The van der Waals surface area contributed by atoms with Crippen LogP contribution in [0.4, 0.5) is 0 Å². The van der Waals surface area contributed by atoms with E-state index in [2.05, 4.69) is 19.2 Å². The Balaban J connectivity index is 2.59. The number of hydrogen-bond donors (Lipinski definition) is 1. The summed E-state index contributed by atoms with van der Waals surface area (Å²) >= 11 is 5.81. The number of rotatable bonds is 5. The summed E-state index contributed by atoms with van der Waals surface area (Å²) in [6.45, 7) is 6.05. The minimum atomic E-state index is -0.186. The fraction of sp³-hybridized carbons (Fsp3) is 0.583. The van der Waals surface area contributed by atoms with Crippen LogP contribution in [0.25, 0.3) is 0 Å². The molecule has 0 aromatic carbocycles. The van der Waals surface area contributed by atoms with E-state index in [4.69, 9.17) is 16.0 Å². The van der Waals surface area contributed by atoms with Gasteiger partial charge in [0.2, 0.25) is 0 Å². The molecule has 1 amide bonds. The van der Waals surface area contributed by atoms with Crippen LogP contribution in [0.5, 0.6) is 0 Å². The Morgan fingerprint density at radius 1 is 1.56 bits per heavy atom. The third kappa shape index (κ3) is 3.56. The standard InChI is InChI=1S/C12H18ClNO2/c1-8(2)6-10(7-13)14-12(15)11-9(3)4-5-16-11/h4-5,8,10H,6-7H2,1-3H3,(H,14,15). The molecule has 90 valence electrons. The number of nitrogens with one attached hydrogen (secondary N) is 1. The number of carbonyl (C=O) groups excluding carboxylic acids is 1. The molecular weight excluding hydrogens is 226 g/mol. The maximum absolute atomic E-state index is 11.8. The monoisotopic (exact) mass is 243 g/mol.